The number of benzene rings is 2. The molecule has 4 rings (SSSR count). The minimum absolute atomic E-state index is 0.335. The van der Waals surface area contributed by atoms with Gasteiger partial charge in [-0.2, -0.15) is 9.61 Å². The number of fused-ring (bicyclic) bond motifs is 1. The fourth-order valence-electron chi connectivity index (χ4n) is 2.33. The third-order valence-electron chi connectivity index (χ3n) is 3.54. The minimum Gasteiger partial charge on any atom is -0.486 e. The van der Waals surface area contributed by atoms with Gasteiger partial charge in [-0.25, -0.2) is 0 Å². The molecule has 0 bridgehead atoms. The maximum absolute atomic E-state index is 5.74. The topological polar surface area (TPSA) is 52.3 Å². The molecule has 2 aromatic heterocycles. The molecule has 2 aromatic carbocycles. The highest BCUT2D eigenvalue weighted by Crippen LogP contribution is 2.28. The van der Waals surface area contributed by atoms with Gasteiger partial charge in [0.2, 0.25) is 4.96 Å². The summed E-state index contributed by atoms with van der Waals surface area (Å²) in [5, 5.41) is 13.9. The Bertz CT molecular complexity index is 946. The smallest absolute Gasteiger partial charge is 0.235 e. The second-order valence-corrected chi connectivity index (χ2v) is 6.09. The summed E-state index contributed by atoms with van der Waals surface area (Å²) < 4.78 is 7.50. The van der Waals surface area contributed by atoms with E-state index >= 15 is 0 Å². The van der Waals surface area contributed by atoms with E-state index in [0.717, 1.165) is 21.3 Å². The number of para-hydroxylation sites is 1. The van der Waals surface area contributed by atoms with Crippen molar-refractivity contribution in [1.29, 1.82) is 0 Å². The van der Waals surface area contributed by atoms with Crippen LogP contribution in [0.15, 0.2) is 54.6 Å². The van der Waals surface area contributed by atoms with E-state index in [9.17, 15) is 0 Å². The second-order valence-electron chi connectivity index (χ2n) is 5.13. The molecule has 0 saturated heterocycles. The molecule has 0 aliphatic heterocycles. The van der Waals surface area contributed by atoms with Crippen LogP contribution in [-0.4, -0.2) is 19.8 Å². The van der Waals surface area contributed by atoms with Crippen LogP contribution in [0, 0.1) is 6.92 Å². The van der Waals surface area contributed by atoms with Crippen molar-refractivity contribution < 1.29 is 4.74 Å². The average molecular weight is 322 g/mol. The molecule has 0 amide bonds. The molecule has 0 radical (unpaired) electrons. The molecule has 6 heteroatoms. The van der Waals surface area contributed by atoms with Gasteiger partial charge in [0.25, 0.3) is 0 Å². The second kappa shape index (κ2) is 5.81. The van der Waals surface area contributed by atoms with Crippen LogP contribution in [0.3, 0.4) is 0 Å². The Labute approximate surface area is 137 Å². The predicted molar refractivity (Wildman–Crippen MR) is 89.6 cm³/mol. The van der Waals surface area contributed by atoms with Crippen molar-refractivity contribution in [2.75, 3.05) is 0 Å². The summed E-state index contributed by atoms with van der Waals surface area (Å²) >= 11 is 1.53. The number of aromatic nitrogens is 4. The zero-order valence-corrected chi connectivity index (χ0v) is 13.3. The molecule has 0 fully saturated rings. The molecule has 0 atom stereocenters. The summed E-state index contributed by atoms with van der Waals surface area (Å²) in [5.74, 6) is 1.50. The standard InChI is InChI=1S/C17H14N4OS/c1-12-7-5-6-10-14(12)16-20-21-15(18-19-17(21)23-16)11-22-13-8-3-2-4-9-13/h2-10H,11H2,1H3. The Balaban J connectivity index is 1.63. The zero-order valence-electron chi connectivity index (χ0n) is 12.5. The Morgan fingerprint density at radius 2 is 1.78 bits per heavy atom. The van der Waals surface area contributed by atoms with Crippen LogP contribution in [0.4, 0.5) is 0 Å². The van der Waals surface area contributed by atoms with Gasteiger partial charge in [0, 0.05) is 5.56 Å². The zero-order chi connectivity index (χ0) is 15.6. The SMILES string of the molecule is Cc1ccccc1-c1nn2c(COc3ccccc3)nnc2s1. The molecule has 2 heterocycles. The van der Waals surface area contributed by atoms with Gasteiger partial charge >= 0.3 is 0 Å². The molecule has 0 aliphatic carbocycles. The predicted octanol–water partition coefficient (Wildman–Crippen LogP) is 3.74. The molecule has 4 aromatic rings. The molecule has 23 heavy (non-hydrogen) atoms. The number of rotatable bonds is 4. The summed E-state index contributed by atoms with van der Waals surface area (Å²) in [6, 6.07) is 17.9. The Morgan fingerprint density at radius 1 is 1.00 bits per heavy atom. The maximum atomic E-state index is 5.74. The van der Waals surface area contributed by atoms with E-state index in [1.165, 1.54) is 16.9 Å². The number of hydrogen-bond acceptors (Lipinski definition) is 5. The van der Waals surface area contributed by atoms with Crippen LogP contribution in [0.2, 0.25) is 0 Å². The van der Waals surface area contributed by atoms with Crippen molar-refractivity contribution in [2.45, 2.75) is 13.5 Å². The quantitative estimate of drug-likeness (QED) is 0.574. The van der Waals surface area contributed by atoms with Crippen molar-refractivity contribution in [3.05, 3.63) is 66.0 Å². The van der Waals surface area contributed by atoms with Gasteiger partial charge in [0.1, 0.15) is 17.4 Å². The monoisotopic (exact) mass is 322 g/mol. The van der Waals surface area contributed by atoms with Gasteiger partial charge < -0.3 is 4.74 Å². The van der Waals surface area contributed by atoms with E-state index in [1.54, 1.807) is 4.52 Å². The van der Waals surface area contributed by atoms with Gasteiger partial charge in [0.05, 0.1) is 0 Å². The van der Waals surface area contributed by atoms with Crippen molar-refractivity contribution in [3.8, 4) is 16.3 Å². The normalized spacial score (nSPS) is 11.0. The Kier molecular flexibility index (Phi) is 3.51. The third kappa shape index (κ3) is 2.68. The summed E-state index contributed by atoms with van der Waals surface area (Å²) in [6.07, 6.45) is 0. The van der Waals surface area contributed by atoms with Gasteiger partial charge in [0.15, 0.2) is 5.82 Å². The lowest BCUT2D eigenvalue weighted by atomic mass is 10.1. The highest BCUT2D eigenvalue weighted by Gasteiger charge is 2.14. The summed E-state index contributed by atoms with van der Waals surface area (Å²) in [5.41, 5.74) is 2.32. The van der Waals surface area contributed by atoms with E-state index in [1.807, 2.05) is 42.5 Å². The lowest BCUT2D eigenvalue weighted by molar-refractivity contribution is 0.293. The van der Waals surface area contributed by atoms with E-state index in [-0.39, 0.29) is 0 Å². The first kappa shape index (κ1) is 13.9. The maximum Gasteiger partial charge on any atom is 0.235 e. The van der Waals surface area contributed by atoms with Crippen LogP contribution in [0.1, 0.15) is 11.4 Å². The van der Waals surface area contributed by atoms with Crippen LogP contribution >= 0.6 is 11.3 Å². The third-order valence-corrected chi connectivity index (χ3v) is 4.47. The first-order chi connectivity index (χ1) is 11.3. The number of aryl methyl sites for hydroxylation is 1. The van der Waals surface area contributed by atoms with Crippen LogP contribution in [0.5, 0.6) is 5.75 Å². The number of nitrogens with zero attached hydrogens (tertiary/aromatic N) is 4. The molecule has 0 saturated carbocycles. The lowest BCUT2D eigenvalue weighted by Crippen LogP contribution is -2.02. The summed E-state index contributed by atoms with van der Waals surface area (Å²) in [7, 11) is 0. The van der Waals surface area contributed by atoms with E-state index < -0.39 is 0 Å². The molecule has 114 valence electrons. The van der Waals surface area contributed by atoms with Crippen LogP contribution < -0.4 is 4.74 Å². The van der Waals surface area contributed by atoms with Gasteiger partial charge in [-0.15, -0.1) is 10.2 Å². The summed E-state index contributed by atoms with van der Waals surface area (Å²) in [4.78, 5) is 0.773. The molecule has 5 nitrogen and oxygen atoms in total. The lowest BCUT2D eigenvalue weighted by Gasteiger charge is -2.03. The van der Waals surface area contributed by atoms with Gasteiger partial charge in [-0.1, -0.05) is 53.8 Å². The van der Waals surface area contributed by atoms with Crippen molar-refractivity contribution >= 4 is 16.3 Å². The highest BCUT2D eigenvalue weighted by molar-refractivity contribution is 7.19. The van der Waals surface area contributed by atoms with Crippen LogP contribution in [-0.2, 0) is 6.61 Å². The van der Waals surface area contributed by atoms with Gasteiger partial charge in [-0.3, -0.25) is 0 Å². The Morgan fingerprint density at radius 3 is 2.61 bits per heavy atom. The van der Waals surface area contributed by atoms with Crippen molar-refractivity contribution in [3.63, 3.8) is 0 Å². The highest BCUT2D eigenvalue weighted by atomic mass is 32.1. The van der Waals surface area contributed by atoms with E-state index in [2.05, 4.69) is 34.4 Å². The minimum atomic E-state index is 0.335. The molecular formula is C17H14N4OS. The largest absolute Gasteiger partial charge is 0.486 e. The molecule has 0 aliphatic rings. The number of ether oxygens (including phenoxy) is 1. The molecule has 0 unspecified atom stereocenters. The first-order valence-corrected chi connectivity index (χ1v) is 8.08. The van der Waals surface area contributed by atoms with Crippen molar-refractivity contribution in [2.24, 2.45) is 0 Å². The van der Waals surface area contributed by atoms with E-state index in [0.29, 0.717) is 12.4 Å². The summed E-state index contributed by atoms with van der Waals surface area (Å²) in [6.45, 7) is 2.42. The fourth-order valence-corrected chi connectivity index (χ4v) is 3.28. The fraction of sp³-hybridized carbons (Fsp3) is 0.118. The first-order valence-electron chi connectivity index (χ1n) is 7.26. The van der Waals surface area contributed by atoms with Crippen molar-refractivity contribution in [1.82, 2.24) is 19.8 Å². The average Bonchev–Trinajstić information content (AvgIpc) is 3.15. The van der Waals surface area contributed by atoms with Gasteiger partial charge in [-0.05, 0) is 24.6 Å². The Hall–Kier alpha value is -2.73. The molecule has 0 N–H and O–H groups in total. The van der Waals surface area contributed by atoms with E-state index in [4.69, 9.17) is 4.74 Å². The molecular weight excluding hydrogens is 308 g/mol. The van der Waals surface area contributed by atoms with Crippen LogP contribution in [0.25, 0.3) is 15.5 Å². The number of hydrogen-bond donors (Lipinski definition) is 0. The molecule has 0 spiro atoms.